The third kappa shape index (κ3) is 2.66. The van der Waals surface area contributed by atoms with E-state index in [9.17, 15) is 9.59 Å². The maximum absolute atomic E-state index is 12.9. The molecule has 21 heavy (non-hydrogen) atoms. The van der Waals surface area contributed by atoms with Crippen molar-refractivity contribution < 1.29 is 9.59 Å². The first-order chi connectivity index (χ1) is 9.75. The number of nitrogens with two attached hydrogens (primary N) is 1. The van der Waals surface area contributed by atoms with Gasteiger partial charge in [-0.2, -0.15) is 0 Å². The van der Waals surface area contributed by atoms with Gasteiger partial charge in [-0.3, -0.25) is 9.59 Å². The van der Waals surface area contributed by atoms with E-state index >= 15 is 0 Å². The van der Waals surface area contributed by atoms with Crippen LogP contribution < -0.4 is 16.0 Å². The highest BCUT2D eigenvalue weighted by molar-refractivity contribution is 6.04. The monoisotopic (exact) mass is 290 g/mol. The normalized spacial score (nSPS) is 17.3. The van der Waals surface area contributed by atoms with Gasteiger partial charge in [0.05, 0.1) is 5.56 Å². The summed E-state index contributed by atoms with van der Waals surface area (Å²) in [6.45, 7) is 4.45. The molecule has 1 heterocycles. The molecule has 2 rings (SSSR count). The molecule has 0 radical (unpaired) electrons. The fourth-order valence-electron chi connectivity index (χ4n) is 2.52. The van der Waals surface area contributed by atoms with E-state index in [2.05, 4.69) is 5.32 Å². The lowest BCUT2D eigenvalue weighted by Crippen LogP contribution is -2.63. The molecule has 1 aromatic rings. The molecule has 0 saturated carbocycles. The van der Waals surface area contributed by atoms with Crippen molar-refractivity contribution in [3.63, 3.8) is 0 Å². The van der Waals surface area contributed by atoms with Crippen LogP contribution in [0.1, 0.15) is 24.2 Å². The lowest BCUT2D eigenvalue weighted by Gasteiger charge is -2.41. The van der Waals surface area contributed by atoms with Crippen molar-refractivity contribution in [1.82, 2.24) is 10.2 Å². The fourth-order valence-corrected chi connectivity index (χ4v) is 2.52. The Bertz CT molecular complexity index is 581. The highest BCUT2D eigenvalue weighted by atomic mass is 16.2. The lowest BCUT2D eigenvalue weighted by atomic mass is 9.97. The highest BCUT2D eigenvalue weighted by Gasteiger charge is 2.41. The van der Waals surface area contributed by atoms with Gasteiger partial charge in [-0.15, -0.1) is 0 Å². The SMILES string of the molecule is CN(C)c1ccc(N)cc1C(=O)N1CCNC(=O)C1(C)C. The highest BCUT2D eigenvalue weighted by Crippen LogP contribution is 2.27. The van der Waals surface area contributed by atoms with Crippen LogP contribution in [-0.4, -0.2) is 49.4 Å². The van der Waals surface area contributed by atoms with Crippen molar-refractivity contribution in [3.8, 4) is 0 Å². The van der Waals surface area contributed by atoms with Gasteiger partial charge >= 0.3 is 0 Å². The number of hydrogen-bond donors (Lipinski definition) is 2. The number of carbonyl (C=O) groups excluding carboxylic acids is 2. The quantitative estimate of drug-likeness (QED) is 0.785. The molecule has 1 aliphatic rings. The Morgan fingerprint density at radius 1 is 1.38 bits per heavy atom. The van der Waals surface area contributed by atoms with Gasteiger partial charge in [0.2, 0.25) is 5.91 Å². The molecule has 2 amide bonds. The van der Waals surface area contributed by atoms with Crippen molar-refractivity contribution in [2.45, 2.75) is 19.4 Å². The zero-order valence-electron chi connectivity index (χ0n) is 12.9. The topological polar surface area (TPSA) is 78.7 Å². The van der Waals surface area contributed by atoms with Crippen LogP contribution in [0.3, 0.4) is 0 Å². The minimum Gasteiger partial charge on any atom is -0.399 e. The van der Waals surface area contributed by atoms with Crippen molar-refractivity contribution in [1.29, 1.82) is 0 Å². The third-order valence-electron chi connectivity index (χ3n) is 3.83. The van der Waals surface area contributed by atoms with Gasteiger partial charge in [0.25, 0.3) is 5.91 Å². The van der Waals surface area contributed by atoms with Gasteiger partial charge in [0.1, 0.15) is 5.54 Å². The maximum atomic E-state index is 12.9. The third-order valence-corrected chi connectivity index (χ3v) is 3.83. The predicted molar refractivity (Wildman–Crippen MR) is 83.3 cm³/mol. The molecule has 1 aliphatic heterocycles. The molecule has 3 N–H and O–H groups in total. The molecule has 0 spiro atoms. The average molecular weight is 290 g/mol. The minimum absolute atomic E-state index is 0.141. The van der Waals surface area contributed by atoms with E-state index in [-0.39, 0.29) is 11.8 Å². The maximum Gasteiger partial charge on any atom is 0.256 e. The molecule has 6 nitrogen and oxygen atoms in total. The van der Waals surface area contributed by atoms with Crippen LogP contribution in [0.15, 0.2) is 18.2 Å². The number of nitrogens with zero attached hydrogens (tertiary/aromatic N) is 2. The summed E-state index contributed by atoms with van der Waals surface area (Å²) in [6.07, 6.45) is 0. The van der Waals surface area contributed by atoms with E-state index in [1.165, 1.54) is 0 Å². The number of piperazine rings is 1. The van der Waals surface area contributed by atoms with Crippen molar-refractivity contribution in [2.75, 3.05) is 37.8 Å². The van der Waals surface area contributed by atoms with Gasteiger partial charge in [-0.1, -0.05) is 0 Å². The van der Waals surface area contributed by atoms with Crippen molar-refractivity contribution >= 4 is 23.2 Å². The molecule has 6 heteroatoms. The van der Waals surface area contributed by atoms with Crippen LogP contribution in [0.2, 0.25) is 0 Å². The Balaban J connectivity index is 2.44. The first-order valence-corrected chi connectivity index (χ1v) is 6.92. The van der Waals surface area contributed by atoms with Crippen LogP contribution in [0.5, 0.6) is 0 Å². The van der Waals surface area contributed by atoms with Gasteiger partial charge in [0.15, 0.2) is 0 Å². The van der Waals surface area contributed by atoms with Gasteiger partial charge in [-0.25, -0.2) is 0 Å². The Kier molecular flexibility index (Phi) is 3.80. The summed E-state index contributed by atoms with van der Waals surface area (Å²) >= 11 is 0. The van der Waals surface area contributed by atoms with E-state index in [0.717, 1.165) is 5.69 Å². The second kappa shape index (κ2) is 5.27. The molecule has 1 saturated heterocycles. The van der Waals surface area contributed by atoms with E-state index in [0.29, 0.717) is 24.3 Å². The summed E-state index contributed by atoms with van der Waals surface area (Å²) in [4.78, 5) is 28.4. The Labute approximate surface area is 124 Å². The molecule has 0 bridgehead atoms. The molecule has 0 unspecified atom stereocenters. The number of nitrogens with one attached hydrogen (secondary N) is 1. The summed E-state index contributed by atoms with van der Waals surface area (Å²) in [7, 11) is 3.74. The smallest absolute Gasteiger partial charge is 0.256 e. The number of benzene rings is 1. The molecule has 0 atom stereocenters. The van der Waals surface area contributed by atoms with Crippen LogP contribution in [0.4, 0.5) is 11.4 Å². The van der Waals surface area contributed by atoms with Crippen LogP contribution in [0, 0.1) is 0 Å². The van der Waals surface area contributed by atoms with Crippen LogP contribution in [0.25, 0.3) is 0 Å². The molecule has 0 aromatic heterocycles. The number of carbonyl (C=O) groups is 2. The van der Waals surface area contributed by atoms with E-state index in [4.69, 9.17) is 5.73 Å². The van der Waals surface area contributed by atoms with Crippen LogP contribution in [-0.2, 0) is 4.79 Å². The summed E-state index contributed by atoms with van der Waals surface area (Å²) < 4.78 is 0. The molecule has 1 aromatic carbocycles. The molecular formula is C15H22N4O2. The number of anilines is 2. The molecular weight excluding hydrogens is 268 g/mol. The lowest BCUT2D eigenvalue weighted by molar-refractivity contribution is -0.133. The number of amides is 2. The van der Waals surface area contributed by atoms with Gasteiger partial charge in [-0.05, 0) is 32.0 Å². The fraction of sp³-hybridized carbons (Fsp3) is 0.467. The summed E-state index contributed by atoms with van der Waals surface area (Å²) in [5.41, 5.74) is 6.78. The molecule has 0 aliphatic carbocycles. The minimum atomic E-state index is -0.872. The second-order valence-corrected chi connectivity index (χ2v) is 5.94. The summed E-state index contributed by atoms with van der Waals surface area (Å²) in [6, 6.07) is 5.25. The molecule has 114 valence electrons. The van der Waals surface area contributed by atoms with Crippen LogP contribution >= 0.6 is 0 Å². The van der Waals surface area contributed by atoms with Crippen molar-refractivity contribution in [2.24, 2.45) is 0 Å². The summed E-state index contributed by atoms with van der Waals surface area (Å²) in [5, 5.41) is 2.79. The Morgan fingerprint density at radius 3 is 2.67 bits per heavy atom. The second-order valence-electron chi connectivity index (χ2n) is 5.94. The average Bonchev–Trinajstić information content (AvgIpc) is 2.40. The Morgan fingerprint density at radius 2 is 2.05 bits per heavy atom. The van der Waals surface area contributed by atoms with Crippen molar-refractivity contribution in [3.05, 3.63) is 23.8 Å². The number of nitrogen functional groups attached to an aromatic ring is 1. The van der Waals surface area contributed by atoms with E-state index in [1.54, 1.807) is 30.9 Å². The predicted octanol–water partition coefficient (Wildman–Crippen LogP) is 0.685. The molecule has 1 fully saturated rings. The van der Waals surface area contributed by atoms with E-state index in [1.807, 2.05) is 25.1 Å². The van der Waals surface area contributed by atoms with Gasteiger partial charge in [0, 0.05) is 38.6 Å². The first-order valence-electron chi connectivity index (χ1n) is 6.92. The zero-order chi connectivity index (χ0) is 15.8. The summed E-state index contributed by atoms with van der Waals surface area (Å²) in [5.74, 6) is -0.316. The van der Waals surface area contributed by atoms with Gasteiger partial charge < -0.3 is 20.9 Å². The standard InChI is InChI=1S/C15H22N4O2/c1-15(2)14(21)17-7-8-19(15)13(20)11-9-10(16)5-6-12(11)18(3)4/h5-6,9H,7-8,16H2,1-4H3,(H,17,21). The Hall–Kier alpha value is -2.24. The first kappa shape index (κ1) is 15.2. The zero-order valence-corrected chi connectivity index (χ0v) is 12.9. The van der Waals surface area contributed by atoms with E-state index < -0.39 is 5.54 Å². The largest absolute Gasteiger partial charge is 0.399 e. The number of rotatable bonds is 2. The number of hydrogen-bond acceptors (Lipinski definition) is 4.